The van der Waals surface area contributed by atoms with Gasteiger partial charge in [0, 0.05) is 11.3 Å². The number of hydrogen-bond donors (Lipinski definition) is 1. The van der Waals surface area contributed by atoms with Crippen LogP contribution < -0.4 is 0 Å². The number of para-hydroxylation sites is 3. The third-order valence-electron chi connectivity index (χ3n) is 4.50. The lowest BCUT2D eigenvalue weighted by atomic mass is 10.2. The molecule has 0 amide bonds. The number of nitrogens with zero attached hydrogens (tertiary/aromatic N) is 3. The summed E-state index contributed by atoms with van der Waals surface area (Å²) >= 11 is 0. The van der Waals surface area contributed by atoms with Crippen molar-refractivity contribution in [2.24, 2.45) is 0 Å². The Hall–Kier alpha value is -3.40. The van der Waals surface area contributed by atoms with Gasteiger partial charge in [-0.1, -0.05) is 30.3 Å². The standard InChI is InChI=1S/C21H16N4/c1-14-22-19-13-15(21-23-17-9-5-6-10-18(17)24-21)11-12-20(19)25(14)16-7-3-2-4-8-16/h2-13H,1H3,(H,23,24). The Balaban J connectivity index is 1.68. The Morgan fingerprint density at radius 1 is 0.800 bits per heavy atom. The molecule has 0 atom stereocenters. The van der Waals surface area contributed by atoms with E-state index < -0.39 is 0 Å². The summed E-state index contributed by atoms with van der Waals surface area (Å²) in [5.74, 6) is 1.85. The highest BCUT2D eigenvalue weighted by Gasteiger charge is 2.12. The average Bonchev–Trinajstić information content (AvgIpc) is 3.21. The van der Waals surface area contributed by atoms with Crippen molar-refractivity contribution in [1.82, 2.24) is 19.5 Å². The fraction of sp³-hybridized carbons (Fsp3) is 0.0476. The molecule has 0 saturated heterocycles. The van der Waals surface area contributed by atoms with Gasteiger partial charge < -0.3 is 4.98 Å². The van der Waals surface area contributed by atoms with Gasteiger partial charge in [-0.2, -0.15) is 0 Å². The molecule has 5 aromatic rings. The van der Waals surface area contributed by atoms with E-state index in [4.69, 9.17) is 4.98 Å². The van der Waals surface area contributed by atoms with Crippen LogP contribution in [0, 0.1) is 6.92 Å². The number of fused-ring (bicyclic) bond motifs is 2. The fourth-order valence-electron chi connectivity index (χ4n) is 3.34. The van der Waals surface area contributed by atoms with Crippen LogP contribution >= 0.6 is 0 Å². The van der Waals surface area contributed by atoms with Gasteiger partial charge in [-0.15, -0.1) is 0 Å². The van der Waals surface area contributed by atoms with Gasteiger partial charge >= 0.3 is 0 Å². The van der Waals surface area contributed by atoms with E-state index in [1.807, 2.05) is 49.4 Å². The molecule has 25 heavy (non-hydrogen) atoms. The van der Waals surface area contributed by atoms with E-state index in [0.717, 1.165) is 45.0 Å². The number of aromatic amines is 1. The lowest BCUT2D eigenvalue weighted by molar-refractivity contribution is 1.00. The summed E-state index contributed by atoms with van der Waals surface area (Å²) in [7, 11) is 0. The molecule has 0 aliphatic heterocycles. The van der Waals surface area contributed by atoms with Gasteiger partial charge in [0.05, 0.1) is 22.1 Å². The molecule has 0 radical (unpaired) electrons. The van der Waals surface area contributed by atoms with E-state index in [2.05, 4.69) is 44.9 Å². The highest BCUT2D eigenvalue weighted by Crippen LogP contribution is 2.27. The van der Waals surface area contributed by atoms with E-state index in [9.17, 15) is 0 Å². The molecule has 1 N–H and O–H groups in total. The van der Waals surface area contributed by atoms with Crippen molar-refractivity contribution in [3.05, 3.63) is 78.6 Å². The van der Waals surface area contributed by atoms with Crippen molar-refractivity contribution < 1.29 is 0 Å². The number of nitrogens with one attached hydrogen (secondary N) is 1. The molecule has 0 bridgehead atoms. The Morgan fingerprint density at radius 2 is 1.60 bits per heavy atom. The van der Waals surface area contributed by atoms with E-state index >= 15 is 0 Å². The molecule has 3 aromatic carbocycles. The third kappa shape index (κ3) is 2.22. The fourth-order valence-corrected chi connectivity index (χ4v) is 3.34. The molecular formula is C21H16N4. The highest BCUT2D eigenvalue weighted by atomic mass is 15.1. The minimum atomic E-state index is 0.870. The zero-order chi connectivity index (χ0) is 16.8. The van der Waals surface area contributed by atoms with Gasteiger partial charge in [0.2, 0.25) is 0 Å². The summed E-state index contributed by atoms with van der Waals surface area (Å²) < 4.78 is 2.18. The summed E-state index contributed by atoms with van der Waals surface area (Å²) in [5, 5.41) is 0. The predicted molar refractivity (Wildman–Crippen MR) is 101 cm³/mol. The average molecular weight is 324 g/mol. The number of hydrogen-bond acceptors (Lipinski definition) is 2. The molecule has 2 aromatic heterocycles. The molecule has 120 valence electrons. The number of benzene rings is 3. The molecule has 0 aliphatic carbocycles. The van der Waals surface area contributed by atoms with Crippen molar-refractivity contribution in [2.75, 3.05) is 0 Å². The number of aromatic nitrogens is 4. The van der Waals surface area contributed by atoms with Crippen LogP contribution in [0.5, 0.6) is 0 Å². The molecule has 2 heterocycles. The molecule has 0 spiro atoms. The lowest BCUT2D eigenvalue weighted by Crippen LogP contribution is -1.95. The summed E-state index contributed by atoms with van der Waals surface area (Å²) in [5.41, 5.74) is 6.26. The van der Waals surface area contributed by atoms with Crippen molar-refractivity contribution in [2.45, 2.75) is 6.92 Å². The van der Waals surface area contributed by atoms with E-state index in [0.29, 0.717) is 0 Å². The van der Waals surface area contributed by atoms with Crippen molar-refractivity contribution in [3.63, 3.8) is 0 Å². The normalized spacial score (nSPS) is 11.4. The second-order valence-corrected chi connectivity index (χ2v) is 6.14. The van der Waals surface area contributed by atoms with Gasteiger partial charge in [-0.25, -0.2) is 9.97 Å². The monoisotopic (exact) mass is 324 g/mol. The van der Waals surface area contributed by atoms with Crippen LogP contribution in [-0.4, -0.2) is 19.5 Å². The molecule has 0 unspecified atom stereocenters. The molecule has 5 rings (SSSR count). The summed E-state index contributed by atoms with van der Waals surface area (Å²) in [6.45, 7) is 2.04. The first-order valence-electron chi connectivity index (χ1n) is 8.29. The van der Waals surface area contributed by atoms with E-state index in [-0.39, 0.29) is 0 Å². The molecule has 4 heteroatoms. The summed E-state index contributed by atoms with van der Waals surface area (Å²) in [6, 6.07) is 24.7. The quantitative estimate of drug-likeness (QED) is 0.503. The third-order valence-corrected chi connectivity index (χ3v) is 4.50. The molecule has 0 aliphatic rings. The second-order valence-electron chi connectivity index (χ2n) is 6.14. The van der Waals surface area contributed by atoms with Crippen LogP contribution in [0.2, 0.25) is 0 Å². The molecule has 0 fully saturated rings. The maximum atomic E-state index is 4.75. The minimum Gasteiger partial charge on any atom is -0.338 e. The number of H-pyrrole nitrogens is 1. The maximum Gasteiger partial charge on any atom is 0.138 e. The van der Waals surface area contributed by atoms with Crippen LogP contribution in [0.3, 0.4) is 0 Å². The molecular weight excluding hydrogens is 308 g/mol. The van der Waals surface area contributed by atoms with Crippen molar-refractivity contribution in [1.29, 1.82) is 0 Å². The highest BCUT2D eigenvalue weighted by molar-refractivity contribution is 5.85. The SMILES string of the molecule is Cc1nc2cc(-c3nc4ccccc4[nH]3)ccc2n1-c1ccccc1. The van der Waals surface area contributed by atoms with Gasteiger partial charge in [-0.05, 0) is 49.4 Å². The second kappa shape index (κ2) is 5.31. The predicted octanol–water partition coefficient (Wildman–Crippen LogP) is 4.88. The lowest BCUT2D eigenvalue weighted by Gasteiger charge is -2.06. The first-order chi connectivity index (χ1) is 12.3. The van der Waals surface area contributed by atoms with Crippen LogP contribution in [0.4, 0.5) is 0 Å². The zero-order valence-corrected chi connectivity index (χ0v) is 13.8. The topological polar surface area (TPSA) is 46.5 Å². The largest absolute Gasteiger partial charge is 0.338 e. The van der Waals surface area contributed by atoms with Crippen LogP contribution in [0.25, 0.3) is 39.1 Å². The Morgan fingerprint density at radius 3 is 2.44 bits per heavy atom. The van der Waals surface area contributed by atoms with Gasteiger partial charge in [0.1, 0.15) is 11.6 Å². The van der Waals surface area contributed by atoms with Crippen LogP contribution in [0.15, 0.2) is 72.8 Å². The van der Waals surface area contributed by atoms with Gasteiger partial charge in [0.15, 0.2) is 0 Å². The summed E-state index contributed by atoms with van der Waals surface area (Å²) in [6.07, 6.45) is 0. The van der Waals surface area contributed by atoms with E-state index in [1.165, 1.54) is 0 Å². The maximum absolute atomic E-state index is 4.75. The first-order valence-corrected chi connectivity index (χ1v) is 8.29. The minimum absolute atomic E-state index is 0.870. The number of aryl methyl sites for hydroxylation is 1. The number of imidazole rings is 2. The summed E-state index contributed by atoms with van der Waals surface area (Å²) in [4.78, 5) is 12.8. The Labute approximate surface area is 144 Å². The smallest absolute Gasteiger partial charge is 0.138 e. The Kier molecular flexibility index (Phi) is 2.97. The van der Waals surface area contributed by atoms with Gasteiger partial charge in [-0.3, -0.25) is 4.57 Å². The molecule has 0 saturated carbocycles. The first kappa shape index (κ1) is 14.0. The van der Waals surface area contributed by atoms with Crippen molar-refractivity contribution in [3.8, 4) is 17.1 Å². The van der Waals surface area contributed by atoms with Crippen LogP contribution in [-0.2, 0) is 0 Å². The van der Waals surface area contributed by atoms with Crippen LogP contribution in [0.1, 0.15) is 5.82 Å². The van der Waals surface area contributed by atoms with Crippen molar-refractivity contribution >= 4 is 22.1 Å². The number of rotatable bonds is 2. The Bertz CT molecular complexity index is 1170. The van der Waals surface area contributed by atoms with E-state index in [1.54, 1.807) is 0 Å². The zero-order valence-electron chi connectivity index (χ0n) is 13.8. The van der Waals surface area contributed by atoms with Gasteiger partial charge in [0.25, 0.3) is 0 Å². The molecule has 4 nitrogen and oxygen atoms in total.